The topological polar surface area (TPSA) is 54.5 Å². The molecule has 1 N–H and O–H groups in total. The van der Waals surface area contributed by atoms with E-state index in [-0.39, 0.29) is 11.9 Å². The summed E-state index contributed by atoms with van der Waals surface area (Å²) in [4.78, 5) is 18.9. The molecule has 1 fully saturated rings. The summed E-state index contributed by atoms with van der Waals surface area (Å²) in [6, 6.07) is 11.4. The molecule has 0 bridgehead atoms. The molecule has 2 aromatic rings. The average molecular weight is 360 g/mol. The summed E-state index contributed by atoms with van der Waals surface area (Å²) in [5, 5.41) is 3.50. The van der Waals surface area contributed by atoms with Gasteiger partial charge in [-0.05, 0) is 55.8 Å². The molecule has 1 atom stereocenters. The van der Waals surface area contributed by atoms with Gasteiger partial charge in [0.2, 0.25) is 0 Å². The highest BCUT2D eigenvalue weighted by molar-refractivity contribution is 6.30. The molecule has 1 aliphatic rings. The molecule has 0 spiro atoms. The number of ether oxygens (including phenoxy) is 1. The molecule has 0 saturated carbocycles. The minimum absolute atomic E-state index is 0.136. The van der Waals surface area contributed by atoms with Crippen LogP contribution in [0.5, 0.6) is 5.75 Å². The van der Waals surface area contributed by atoms with E-state index in [2.05, 4.69) is 27.3 Å². The van der Waals surface area contributed by atoms with Crippen molar-refractivity contribution in [2.45, 2.75) is 18.9 Å². The van der Waals surface area contributed by atoms with E-state index in [9.17, 15) is 4.79 Å². The van der Waals surface area contributed by atoms with Crippen LogP contribution in [0.3, 0.4) is 0 Å². The number of halogens is 1. The Labute approximate surface area is 153 Å². The Hall–Kier alpha value is -2.11. The minimum Gasteiger partial charge on any atom is -0.497 e. The number of aromatic nitrogens is 1. The van der Waals surface area contributed by atoms with Gasteiger partial charge in [0.05, 0.1) is 13.2 Å². The van der Waals surface area contributed by atoms with Crippen LogP contribution < -0.4 is 10.1 Å². The number of rotatable bonds is 6. The van der Waals surface area contributed by atoms with Crippen LogP contribution in [0, 0.1) is 0 Å². The van der Waals surface area contributed by atoms with E-state index in [1.54, 1.807) is 25.4 Å². The number of carbonyl (C=O) groups is 1. The lowest BCUT2D eigenvalue weighted by molar-refractivity contribution is 0.0933. The summed E-state index contributed by atoms with van der Waals surface area (Å²) < 4.78 is 5.24. The van der Waals surface area contributed by atoms with Gasteiger partial charge in [-0.1, -0.05) is 23.7 Å². The monoisotopic (exact) mass is 359 g/mol. The number of hydrogen-bond donors (Lipinski definition) is 1. The molecule has 3 rings (SSSR count). The number of amides is 1. The lowest BCUT2D eigenvalue weighted by Crippen LogP contribution is -2.37. The number of benzene rings is 1. The van der Waals surface area contributed by atoms with E-state index in [4.69, 9.17) is 16.3 Å². The van der Waals surface area contributed by atoms with Gasteiger partial charge < -0.3 is 10.1 Å². The van der Waals surface area contributed by atoms with Crippen LogP contribution in [0.2, 0.25) is 5.02 Å². The van der Waals surface area contributed by atoms with Crippen molar-refractivity contribution in [1.29, 1.82) is 0 Å². The van der Waals surface area contributed by atoms with Crippen LogP contribution in [0.25, 0.3) is 0 Å². The van der Waals surface area contributed by atoms with Crippen molar-refractivity contribution >= 4 is 17.5 Å². The third kappa shape index (κ3) is 4.50. The zero-order chi connectivity index (χ0) is 17.6. The zero-order valence-electron chi connectivity index (χ0n) is 14.2. The highest BCUT2D eigenvalue weighted by Crippen LogP contribution is 2.26. The first kappa shape index (κ1) is 17.7. The normalized spacial score (nSPS) is 15.8. The Kier molecular flexibility index (Phi) is 5.89. The number of hydrogen-bond acceptors (Lipinski definition) is 4. The van der Waals surface area contributed by atoms with E-state index in [1.165, 1.54) is 18.4 Å². The fourth-order valence-electron chi connectivity index (χ4n) is 3.15. The van der Waals surface area contributed by atoms with Gasteiger partial charge in [0.25, 0.3) is 5.91 Å². The maximum absolute atomic E-state index is 12.4. The molecular weight excluding hydrogens is 338 g/mol. The second kappa shape index (κ2) is 8.32. The highest BCUT2D eigenvalue weighted by atomic mass is 35.5. The van der Waals surface area contributed by atoms with Crippen molar-refractivity contribution in [3.8, 4) is 5.75 Å². The van der Waals surface area contributed by atoms with Gasteiger partial charge in [-0.25, -0.2) is 0 Å². The molecule has 1 unspecified atom stereocenters. The lowest BCUT2D eigenvalue weighted by atomic mass is 10.1. The third-order valence-electron chi connectivity index (χ3n) is 4.49. The van der Waals surface area contributed by atoms with E-state index in [1.807, 2.05) is 12.1 Å². The Morgan fingerprint density at radius 2 is 2.00 bits per heavy atom. The van der Waals surface area contributed by atoms with Crippen LogP contribution in [-0.4, -0.2) is 42.5 Å². The molecule has 132 valence electrons. The summed E-state index contributed by atoms with van der Waals surface area (Å²) >= 11 is 5.94. The summed E-state index contributed by atoms with van der Waals surface area (Å²) in [5.41, 5.74) is 1.50. The summed E-state index contributed by atoms with van der Waals surface area (Å²) in [7, 11) is 1.66. The summed E-state index contributed by atoms with van der Waals surface area (Å²) in [6.45, 7) is 2.61. The Bertz CT molecular complexity index is 715. The van der Waals surface area contributed by atoms with Gasteiger partial charge in [-0.3, -0.25) is 14.7 Å². The molecule has 25 heavy (non-hydrogen) atoms. The van der Waals surface area contributed by atoms with Crippen LogP contribution in [-0.2, 0) is 0 Å². The van der Waals surface area contributed by atoms with E-state index in [0.717, 1.165) is 18.8 Å². The van der Waals surface area contributed by atoms with Gasteiger partial charge in [-0.2, -0.15) is 0 Å². The van der Waals surface area contributed by atoms with E-state index >= 15 is 0 Å². The van der Waals surface area contributed by atoms with Crippen molar-refractivity contribution in [2.24, 2.45) is 0 Å². The number of likely N-dealkylation sites (tertiary alicyclic amines) is 1. The number of nitrogens with zero attached hydrogens (tertiary/aromatic N) is 2. The van der Waals surface area contributed by atoms with Crippen molar-refractivity contribution in [1.82, 2.24) is 15.2 Å². The summed E-state index contributed by atoms with van der Waals surface area (Å²) in [5.74, 6) is 0.622. The quantitative estimate of drug-likeness (QED) is 0.859. The summed E-state index contributed by atoms with van der Waals surface area (Å²) in [6.07, 6.45) is 3.92. The Balaban J connectivity index is 1.72. The number of pyridine rings is 1. The van der Waals surface area contributed by atoms with Crippen LogP contribution >= 0.6 is 11.6 Å². The molecule has 0 aliphatic carbocycles. The molecule has 1 aromatic heterocycles. The standard InChI is InChI=1S/C19H22ClN3O2/c1-25-16-6-4-14(5-7-16)18(23-10-2-3-11-23)13-22-19(24)17-12-15(20)8-9-21-17/h4-9,12,18H,2-3,10-11,13H2,1H3,(H,22,24). The lowest BCUT2D eigenvalue weighted by Gasteiger charge is -2.28. The second-order valence-corrected chi connectivity index (χ2v) is 6.54. The maximum atomic E-state index is 12.4. The molecule has 0 radical (unpaired) electrons. The molecule has 5 nitrogen and oxygen atoms in total. The SMILES string of the molecule is COc1ccc(C(CNC(=O)c2cc(Cl)ccn2)N2CCCC2)cc1. The predicted molar refractivity (Wildman–Crippen MR) is 98.1 cm³/mol. The van der Waals surface area contributed by atoms with Crippen molar-refractivity contribution in [2.75, 3.05) is 26.7 Å². The fraction of sp³-hybridized carbons (Fsp3) is 0.368. The van der Waals surface area contributed by atoms with Crippen molar-refractivity contribution < 1.29 is 9.53 Å². The first-order valence-corrected chi connectivity index (χ1v) is 8.83. The average Bonchev–Trinajstić information content (AvgIpc) is 3.16. The van der Waals surface area contributed by atoms with Gasteiger partial charge in [0.15, 0.2) is 0 Å². The van der Waals surface area contributed by atoms with E-state index in [0.29, 0.717) is 17.3 Å². The molecular formula is C19H22ClN3O2. The van der Waals surface area contributed by atoms with Crippen LogP contribution in [0.4, 0.5) is 0 Å². The first-order chi connectivity index (χ1) is 12.2. The molecule has 1 amide bonds. The van der Waals surface area contributed by atoms with Crippen LogP contribution in [0.15, 0.2) is 42.6 Å². The number of methoxy groups -OCH3 is 1. The Morgan fingerprint density at radius 1 is 1.28 bits per heavy atom. The van der Waals surface area contributed by atoms with E-state index < -0.39 is 0 Å². The number of carbonyl (C=O) groups excluding carboxylic acids is 1. The molecule has 1 aliphatic heterocycles. The largest absolute Gasteiger partial charge is 0.497 e. The first-order valence-electron chi connectivity index (χ1n) is 8.45. The molecule has 2 heterocycles. The minimum atomic E-state index is -0.208. The zero-order valence-corrected chi connectivity index (χ0v) is 15.0. The fourth-order valence-corrected chi connectivity index (χ4v) is 3.31. The second-order valence-electron chi connectivity index (χ2n) is 6.10. The van der Waals surface area contributed by atoms with Gasteiger partial charge in [-0.15, -0.1) is 0 Å². The highest BCUT2D eigenvalue weighted by Gasteiger charge is 2.24. The van der Waals surface area contributed by atoms with Crippen molar-refractivity contribution in [3.63, 3.8) is 0 Å². The van der Waals surface area contributed by atoms with Gasteiger partial charge >= 0.3 is 0 Å². The smallest absolute Gasteiger partial charge is 0.269 e. The molecule has 6 heteroatoms. The van der Waals surface area contributed by atoms with Gasteiger partial charge in [0, 0.05) is 17.8 Å². The van der Waals surface area contributed by atoms with Crippen LogP contribution in [0.1, 0.15) is 34.9 Å². The molecule has 1 aromatic carbocycles. The predicted octanol–water partition coefficient (Wildman–Crippen LogP) is 3.31. The number of nitrogens with one attached hydrogen (secondary N) is 1. The molecule has 1 saturated heterocycles. The van der Waals surface area contributed by atoms with Gasteiger partial charge in [0.1, 0.15) is 11.4 Å². The van der Waals surface area contributed by atoms with Crippen molar-refractivity contribution in [3.05, 3.63) is 58.9 Å². The Morgan fingerprint density at radius 3 is 2.64 bits per heavy atom. The third-order valence-corrected chi connectivity index (χ3v) is 4.73. The maximum Gasteiger partial charge on any atom is 0.269 e.